The lowest BCUT2D eigenvalue weighted by Gasteiger charge is -2.05. The van der Waals surface area contributed by atoms with Crippen molar-refractivity contribution in [2.45, 2.75) is 32.6 Å². The smallest absolute Gasteiger partial charge is 0.000834 e. The van der Waals surface area contributed by atoms with E-state index in [9.17, 15) is 0 Å². The number of rotatable bonds is 8. The molecule has 0 bridgehead atoms. The van der Waals surface area contributed by atoms with E-state index >= 15 is 0 Å². The monoisotopic (exact) mass is 220 g/mol. The molecule has 0 saturated heterocycles. The zero-order chi connectivity index (χ0) is 11.6. The van der Waals surface area contributed by atoms with Crippen LogP contribution in [0.1, 0.15) is 30.9 Å². The first-order valence-corrected chi connectivity index (χ1v) is 6.35. The van der Waals surface area contributed by atoms with Crippen LogP contribution in [-0.2, 0) is 12.8 Å². The predicted octanol–water partition coefficient (Wildman–Crippen LogP) is 2.12. The molecule has 0 unspecified atom stereocenters. The van der Waals surface area contributed by atoms with E-state index in [4.69, 9.17) is 5.73 Å². The summed E-state index contributed by atoms with van der Waals surface area (Å²) in [5, 5.41) is 3.39. The van der Waals surface area contributed by atoms with Crippen molar-refractivity contribution in [3.63, 3.8) is 0 Å². The van der Waals surface area contributed by atoms with Crippen LogP contribution in [0.15, 0.2) is 24.3 Å². The molecular weight excluding hydrogens is 196 g/mol. The zero-order valence-corrected chi connectivity index (χ0v) is 10.3. The number of hydrogen-bond donors (Lipinski definition) is 2. The fraction of sp³-hybridized carbons (Fsp3) is 0.571. The molecule has 1 rings (SSSR count). The van der Waals surface area contributed by atoms with E-state index in [0.29, 0.717) is 0 Å². The van der Waals surface area contributed by atoms with Crippen LogP contribution in [0, 0.1) is 0 Å². The first-order chi connectivity index (χ1) is 7.86. The average Bonchev–Trinajstić information content (AvgIpc) is 2.31. The van der Waals surface area contributed by atoms with Gasteiger partial charge in [0.15, 0.2) is 0 Å². The summed E-state index contributed by atoms with van der Waals surface area (Å²) >= 11 is 0. The van der Waals surface area contributed by atoms with E-state index < -0.39 is 0 Å². The lowest BCUT2D eigenvalue weighted by molar-refractivity contribution is 0.653. The molecule has 1 aromatic carbocycles. The largest absolute Gasteiger partial charge is 0.330 e. The summed E-state index contributed by atoms with van der Waals surface area (Å²) in [6.07, 6.45) is 4.58. The van der Waals surface area contributed by atoms with Crippen LogP contribution in [0.4, 0.5) is 0 Å². The maximum absolute atomic E-state index is 5.43. The Bertz CT molecular complexity index is 267. The van der Waals surface area contributed by atoms with Gasteiger partial charge in [0.2, 0.25) is 0 Å². The standard InChI is InChI=1S/C14H24N2/c1-2-4-13-5-7-14(8-6-13)9-12-16-11-3-10-15/h5-8,16H,2-4,9-12,15H2,1H3. The average molecular weight is 220 g/mol. The molecule has 0 fully saturated rings. The molecule has 2 nitrogen and oxygen atoms in total. The molecule has 3 N–H and O–H groups in total. The quantitative estimate of drug-likeness (QED) is 0.659. The molecule has 0 aromatic heterocycles. The van der Waals surface area contributed by atoms with Crippen molar-refractivity contribution in [2.24, 2.45) is 5.73 Å². The van der Waals surface area contributed by atoms with E-state index in [0.717, 1.165) is 32.5 Å². The van der Waals surface area contributed by atoms with Crippen molar-refractivity contribution in [1.29, 1.82) is 0 Å². The van der Waals surface area contributed by atoms with Gasteiger partial charge >= 0.3 is 0 Å². The lowest BCUT2D eigenvalue weighted by atomic mass is 10.1. The Kier molecular flexibility index (Phi) is 6.86. The highest BCUT2D eigenvalue weighted by Gasteiger charge is 1.94. The molecule has 1 aromatic rings. The molecule has 2 heteroatoms. The summed E-state index contributed by atoms with van der Waals surface area (Å²) in [5.74, 6) is 0. The molecule has 0 aliphatic carbocycles. The number of nitrogens with one attached hydrogen (secondary N) is 1. The summed E-state index contributed by atoms with van der Waals surface area (Å²) in [6.45, 7) is 5.07. The van der Waals surface area contributed by atoms with Crippen LogP contribution in [0.3, 0.4) is 0 Å². The Morgan fingerprint density at radius 3 is 2.19 bits per heavy atom. The first kappa shape index (κ1) is 13.2. The maximum atomic E-state index is 5.43. The number of hydrogen-bond acceptors (Lipinski definition) is 2. The Morgan fingerprint density at radius 1 is 1.00 bits per heavy atom. The van der Waals surface area contributed by atoms with Crippen molar-refractivity contribution in [1.82, 2.24) is 5.32 Å². The van der Waals surface area contributed by atoms with Gasteiger partial charge in [0.25, 0.3) is 0 Å². The Hall–Kier alpha value is -0.860. The van der Waals surface area contributed by atoms with Crippen molar-refractivity contribution in [3.8, 4) is 0 Å². The third-order valence-corrected chi connectivity index (χ3v) is 2.71. The van der Waals surface area contributed by atoms with E-state index in [1.807, 2.05) is 0 Å². The van der Waals surface area contributed by atoms with Gasteiger partial charge in [-0.1, -0.05) is 37.6 Å². The highest BCUT2D eigenvalue weighted by molar-refractivity contribution is 5.22. The molecule has 90 valence electrons. The second-order valence-corrected chi connectivity index (χ2v) is 4.21. The minimum Gasteiger partial charge on any atom is -0.330 e. The van der Waals surface area contributed by atoms with Gasteiger partial charge in [0.05, 0.1) is 0 Å². The minimum absolute atomic E-state index is 0.777. The highest BCUT2D eigenvalue weighted by atomic mass is 14.8. The summed E-state index contributed by atoms with van der Waals surface area (Å²) in [4.78, 5) is 0. The van der Waals surface area contributed by atoms with E-state index in [1.54, 1.807) is 0 Å². The summed E-state index contributed by atoms with van der Waals surface area (Å²) in [6, 6.07) is 8.99. The fourth-order valence-corrected chi connectivity index (χ4v) is 1.75. The second kappa shape index (κ2) is 8.31. The van der Waals surface area contributed by atoms with Gasteiger partial charge in [-0.05, 0) is 50.0 Å². The molecule has 16 heavy (non-hydrogen) atoms. The van der Waals surface area contributed by atoms with Crippen LogP contribution in [0.5, 0.6) is 0 Å². The van der Waals surface area contributed by atoms with Gasteiger partial charge < -0.3 is 11.1 Å². The fourth-order valence-electron chi connectivity index (χ4n) is 1.75. The minimum atomic E-state index is 0.777. The Labute approximate surface area is 99.2 Å². The molecule has 0 amide bonds. The predicted molar refractivity (Wildman–Crippen MR) is 70.7 cm³/mol. The van der Waals surface area contributed by atoms with E-state index in [-0.39, 0.29) is 0 Å². The molecule has 0 spiro atoms. The molecular formula is C14H24N2. The van der Waals surface area contributed by atoms with Crippen molar-refractivity contribution in [3.05, 3.63) is 35.4 Å². The number of benzene rings is 1. The van der Waals surface area contributed by atoms with Crippen LogP contribution >= 0.6 is 0 Å². The summed E-state index contributed by atoms with van der Waals surface area (Å²) in [5.41, 5.74) is 8.29. The second-order valence-electron chi connectivity index (χ2n) is 4.21. The molecule has 0 aliphatic rings. The SMILES string of the molecule is CCCc1ccc(CCNCCCN)cc1. The van der Waals surface area contributed by atoms with Crippen LogP contribution in [0.25, 0.3) is 0 Å². The summed E-state index contributed by atoms with van der Waals surface area (Å²) < 4.78 is 0. The van der Waals surface area contributed by atoms with Crippen molar-refractivity contribution >= 4 is 0 Å². The normalized spacial score (nSPS) is 10.6. The number of nitrogens with two attached hydrogens (primary N) is 1. The maximum Gasteiger partial charge on any atom is -0.000834 e. The van der Waals surface area contributed by atoms with Gasteiger partial charge in [-0.3, -0.25) is 0 Å². The molecule has 0 radical (unpaired) electrons. The van der Waals surface area contributed by atoms with Gasteiger partial charge in [0.1, 0.15) is 0 Å². The zero-order valence-electron chi connectivity index (χ0n) is 10.3. The van der Waals surface area contributed by atoms with Gasteiger partial charge in [0, 0.05) is 0 Å². The van der Waals surface area contributed by atoms with Crippen LogP contribution < -0.4 is 11.1 Å². The molecule has 0 atom stereocenters. The van der Waals surface area contributed by atoms with Gasteiger partial charge in [-0.2, -0.15) is 0 Å². The molecule has 0 aliphatic heterocycles. The third kappa shape index (κ3) is 5.29. The van der Waals surface area contributed by atoms with E-state index in [1.165, 1.54) is 24.0 Å². The van der Waals surface area contributed by atoms with E-state index in [2.05, 4.69) is 36.5 Å². The lowest BCUT2D eigenvalue weighted by Crippen LogP contribution is -2.20. The van der Waals surface area contributed by atoms with Crippen LogP contribution in [-0.4, -0.2) is 19.6 Å². The topological polar surface area (TPSA) is 38.0 Å². The Balaban J connectivity index is 2.21. The molecule has 0 saturated carbocycles. The molecule has 0 heterocycles. The third-order valence-electron chi connectivity index (χ3n) is 2.71. The van der Waals surface area contributed by atoms with Gasteiger partial charge in [-0.25, -0.2) is 0 Å². The number of aryl methyl sites for hydroxylation is 1. The van der Waals surface area contributed by atoms with Crippen molar-refractivity contribution < 1.29 is 0 Å². The summed E-state index contributed by atoms with van der Waals surface area (Å²) in [7, 11) is 0. The van der Waals surface area contributed by atoms with Crippen molar-refractivity contribution in [2.75, 3.05) is 19.6 Å². The van der Waals surface area contributed by atoms with Gasteiger partial charge in [-0.15, -0.1) is 0 Å². The Morgan fingerprint density at radius 2 is 1.62 bits per heavy atom. The first-order valence-electron chi connectivity index (χ1n) is 6.35. The highest BCUT2D eigenvalue weighted by Crippen LogP contribution is 2.06. The van der Waals surface area contributed by atoms with Crippen LogP contribution in [0.2, 0.25) is 0 Å².